The Balaban J connectivity index is 1.45. The summed E-state index contributed by atoms with van der Waals surface area (Å²) in [5.41, 5.74) is 8.62. The van der Waals surface area contributed by atoms with Crippen LogP contribution in [0.15, 0.2) is 54.6 Å². The fourth-order valence-corrected chi connectivity index (χ4v) is 4.96. The standard InChI is InChI=1S/C25H34N2O2/c26-21-14-15-27(16-21)17-24(23-8-4-5-9-25(23)28)20-10-12-22(13-11-20)29-18-19-6-2-1-3-7-19/h1-3,6-7,10-13,21,23-25,28H,4-5,8-9,14-18,26H2/t21-,23?,24?,25?/m0/s1. The van der Waals surface area contributed by atoms with Crippen LogP contribution in [0.4, 0.5) is 0 Å². The number of hydrogen-bond acceptors (Lipinski definition) is 4. The van der Waals surface area contributed by atoms with Crippen molar-refractivity contribution in [2.45, 2.75) is 56.8 Å². The molecule has 4 heteroatoms. The highest BCUT2D eigenvalue weighted by molar-refractivity contribution is 5.31. The normalized spacial score (nSPS) is 26.3. The van der Waals surface area contributed by atoms with Crippen molar-refractivity contribution in [2.24, 2.45) is 11.7 Å². The van der Waals surface area contributed by atoms with E-state index in [4.69, 9.17) is 10.5 Å². The molecule has 4 rings (SSSR count). The summed E-state index contributed by atoms with van der Waals surface area (Å²) < 4.78 is 5.96. The molecule has 1 aliphatic carbocycles. The molecule has 0 radical (unpaired) electrons. The Kier molecular flexibility index (Phi) is 6.86. The summed E-state index contributed by atoms with van der Waals surface area (Å²) in [7, 11) is 0. The van der Waals surface area contributed by atoms with Crippen molar-refractivity contribution in [3.63, 3.8) is 0 Å². The number of aliphatic hydroxyl groups excluding tert-OH is 1. The number of likely N-dealkylation sites (tertiary alicyclic amines) is 1. The molecule has 2 aromatic carbocycles. The van der Waals surface area contributed by atoms with Crippen molar-refractivity contribution in [1.82, 2.24) is 4.90 Å². The molecule has 0 bridgehead atoms. The van der Waals surface area contributed by atoms with Crippen LogP contribution in [0.1, 0.15) is 49.1 Å². The van der Waals surface area contributed by atoms with Gasteiger partial charge in [-0.2, -0.15) is 0 Å². The molecule has 3 N–H and O–H groups in total. The van der Waals surface area contributed by atoms with Crippen molar-refractivity contribution < 1.29 is 9.84 Å². The van der Waals surface area contributed by atoms with E-state index in [0.29, 0.717) is 24.5 Å². The summed E-state index contributed by atoms with van der Waals surface area (Å²) >= 11 is 0. The maximum Gasteiger partial charge on any atom is 0.119 e. The molecule has 4 atom stereocenters. The van der Waals surface area contributed by atoms with Gasteiger partial charge in [-0.05, 0) is 55.0 Å². The van der Waals surface area contributed by atoms with Crippen LogP contribution in [0.25, 0.3) is 0 Å². The Labute approximate surface area is 174 Å². The third-order valence-corrected chi connectivity index (χ3v) is 6.62. The third-order valence-electron chi connectivity index (χ3n) is 6.62. The monoisotopic (exact) mass is 394 g/mol. The number of nitrogens with zero attached hydrogens (tertiary/aromatic N) is 1. The van der Waals surface area contributed by atoms with E-state index in [1.54, 1.807) is 0 Å². The second-order valence-corrected chi connectivity index (χ2v) is 8.77. The molecule has 1 saturated carbocycles. The number of rotatable bonds is 7. The van der Waals surface area contributed by atoms with Crippen LogP contribution >= 0.6 is 0 Å². The summed E-state index contributed by atoms with van der Waals surface area (Å²) in [6, 6.07) is 19.1. The largest absolute Gasteiger partial charge is 0.489 e. The van der Waals surface area contributed by atoms with Crippen molar-refractivity contribution in [3.8, 4) is 5.75 Å². The van der Waals surface area contributed by atoms with Gasteiger partial charge in [0.05, 0.1) is 6.10 Å². The lowest BCUT2D eigenvalue weighted by Gasteiger charge is -2.36. The molecule has 156 valence electrons. The minimum absolute atomic E-state index is 0.195. The van der Waals surface area contributed by atoms with E-state index in [1.165, 1.54) is 17.5 Å². The molecule has 2 fully saturated rings. The average molecular weight is 395 g/mol. The topological polar surface area (TPSA) is 58.7 Å². The highest BCUT2D eigenvalue weighted by Crippen LogP contribution is 2.38. The highest BCUT2D eigenvalue weighted by atomic mass is 16.5. The first kappa shape index (κ1) is 20.4. The SMILES string of the molecule is N[C@H]1CCN(CC(c2ccc(OCc3ccccc3)cc2)C2CCCCC2O)C1. The molecule has 2 aliphatic rings. The summed E-state index contributed by atoms with van der Waals surface area (Å²) in [5, 5.41) is 10.7. The van der Waals surface area contributed by atoms with Gasteiger partial charge in [0.25, 0.3) is 0 Å². The smallest absolute Gasteiger partial charge is 0.119 e. The zero-order chi connectivity index (χ0) is 20.1. The number of hydrogen-bond donors (Lipinski definition) is 2. The van der Waals surface area contributed by atoms with E-state index >= 15 is 0 Å². The van der Waals surface area contributed by atoms with Gasteiger partial charge < -0.3 is 20.5 Å². The molecular formula is C25H34N2O2. The first-order valence-electron chi connectivity index (χ1n) is 11.1. The molecule has 0 aromatic heterocycles. The third kappa shape index (κ3) is 5.39. The van der Waals surface area contributed by atoms with Crippen LogP contribution in [-0.4, -0.2) is 41.8 Å². The van der Waals surface area contributed by atoms with E-state index in [0.717, 1.165) is 51.1 Å². The lowest BCUT2D eigenvalue weighted by Crippen LogP contribution is -2.37. The minimum Gasteiger partial charge on any atom is -0.489 e. The Morgan fingerprint density at radius 1 is 1.00 bits per heavy atom. The van der Waals surface area contributed by atoms with Crippen LogP contribution in [0.3, 0.4) is 0 Å². The molecule has 1 saturated heterocycles. The van der Waals surface area contributed by atoms with Crippen molar-refractivity contribution in [3.05, 3.63) is 65.7 Å². The lowest BCUT2D eigenvalue weighted by molar-refractivity contribution is 0.0476. The molecule has 0 spiro atoms. The van der Waals surface area contributed by atoms with E-state index in [-0.39, 0.29) is 6.10 Å². The van der Waals surface area contributed by atoms with Gasteiger partial charge in [-0.1, -0.05) is 55.3 Å². The first-order valence-corrected chi connectivity index (χ1v) is 11.1. The van der Waals surface area contributed by atoms with Gasteiger partial charge >= 0.3 is 0 Å². The van der Waals surface area contributed by atoms with E-state index in [2.05, 4.69) is 41.3 Å². The summed E-state index contributed by atoms with van der Waals surface area (Å²) in [6.45, 7) is 3.60. The van der Waals surface area contributed by atoms with Crippen LogP contribution in [0.5, 0.6) is 5.75 Å². The molecule has 3 unspecified atom stereocenters. The Morgan fingerprint density at radius 3 is 2.45 bits per heavy atom. The number of aliphatic hydroxyl groups is 1. The van der Waals surface area contributed by atoms with Gasteiger partial charge in [0.1, 0.15) is 12.4 Å². The maximum absolute atomic E-state index is 10.7. The Bertz CT molecular complexity index is 749. The lowest BCUT2D eigenvalue weighted by atomic mass is 9.74. The average Bonchev–Trinajstić information content (AvgIpc) is 3.17. The van der Waals surface area contributed by atoms with Crippen molar-refractivity contribution in [2.75, 3.05) is 19.6 Å². The zero-order valence-corrected chi connectivity index (χ0v) is 17.2. The van der Waals surface area contributed by atoms with Crippen molar-refractivity contribution >= 4 is 0 Å². The maximum atomic E-state index is 10.7. The highest BCUT2D eigenvalue weighted by Gasteiger charge is 2.34. The fraction of sp³-hybridized carbons (Fsp3) is 0.520. The van der Waals surface area contributed by atoms with Gasteiger partial charge in [0.15, 0.2) is 0 Å². The van der Waals surface area contributed by atoms with Crippen LogP contribution < -0.4 is 10.5 Å². The second kappa shape index (κ2) is 9.75. The van der Waals surface area contributed by atoms with Gasteiger partial charge in [-0.15, -0.1) is 0 Å². The summed E-state index contributed by atoms with van der Waals surface area (Å²) in [5.74, 6) is 1.57. The number of ether oxygens (including phenoxy) is 1. The first-order chi connectivity index (χ1) is 14.2. The fourth-order valence-electron chi connectivity index (χ4n) is 4.96. The molecule has 1 aliphatic heterocycles. The minimum atomic E-state index is -0.195. The van der Waals surface area contributed by atoms with Gasteiger partial charge in [-0.3, -0.25) is 0 Å². The van der Waals surface area contributed by atoms with E-state index < -0.39 is 0 Å². The van der Waals surface area contributed by atoms with Crippen molar-refractivity contribution in [1.29, 1.82) is 0 Å². The second-order valence-electron chi connectivity index (χ2n) is 8.77. The molecule has 29 heavy (non-hydrogen) atoms. The molecule has 0 amide bonds. The predicted molar refractivity (Wildman–Crippen MR) is 117 cm³/mol. The molecular weight excluding hydrogens is 360 g/mol. The molecule has 4 nitrogen and oxygen atoms in total. The Hall–Kier alpha value is -1.88. The predicted octanol–water partition coefficient (Wildman–Crippen LogP) is 3.93. The van der Waals surface area contributed by atoms with Crippen LogP contribution in [0, 0.1) is 5.92 Å². The van der Waals surface area contributed by atoms with Gasteiger partial charge in [-0.25, -0.2) is 0 Å². The number of benzene rings is 2. The van der Waals surface area contributed by atoms with E-state index in [1.807, 2.05) is 18.2 Å². The van der Waals surface area contributed by atoms with Gasteiger partial charge in [0, 0.05) is 25.0 Å². The summed E-state index contributed by atoms with van der Waals surface area (Å²) in [6.07, 6.45) is 5.28. The van der Waals surface area contributed by atoms with Gasteiger partial charge in [0.2, 0.25) is 0 Å². The quantitative estimate of drug-likeness (QED) is 0.747. The van der Waals surface area contributed by atoms with Crippen LogP contribution in [-0.2, 0) is 6.61 Å². The van der Waals surface area contributed by atoms with E-state index in [9.17, 15) is 5.11 Å². The summed E-state index contributed by atoms with van der Waals surface area (Å²) in [4.78, 5) is 2.48. The van der Waals surface area contributed by atoms with Crippen LogP contribution in [0.2, 0.25) is 0 Å². The number of nitrogens with two attached hydrogens (primary N) is 1. The molecule has 2 aromatic rings. The Morgan fingerprint density at radius 2 is 1.76 bits per heavy atom. The zero-order valence-electron chi connectivity index (χ0n) is 17.2. The molecule has 1 heterocycles.